The van der Waals surface area contributed by atoms with Crippen LogP contribution in [-0.2, 0) is 9.53 Å². The molecule has 0 saturated carbocycles. The molecule has 4 heteroatoms. The molecule has 0 aliphatic heterocycles. The Morgan fingerprint density at radius 2 is 1.62 bits per heavy atom. The summed E-state index contributed by atoms with van der Waals surface area (Å²) in [4.78, 5) is 24.2. The number of methoxy groups -OCH3 is 1. The number of para-hydroxylation sites is 1. The van der Waals surface area contributed by atoms with Crippen LogP contribution in [0.25, 0.3) is 16.3 Å². The summed E-state index contributed by atoms with van der Waals surface area (Å²) in [5, 5.41) is 5.02. The number of fused-ring (bicyclic) bond motifs is 1. The van der Waals surface area contributed by atoms with Gasteiger partial charge in [0.05, 0.1) is 18.4 Å². The van der Waals surface area contributed by atoms with Gasteiger partial charge in [0, 0.05) is 6.08 Å². The Labute approximate surface area is 152 Å². The third-order valence-electron chi connectivity index (χ3n) is 4.14. The Morgan fingerprint density at radius 3 is 2.38 bits per heavy atom. The predicted octanol–water partition coefficient (Wildman–Crippen LogP) is 4.67. The summed E-state index contributed by atoms with van der Waals surface area (Å²) in [6.07, 6.45) is 1.53. The number of hydrogen-bond donors (Lipinski definition) is 1. The minimum Gasteiger partial charge on any atom is -0.465 e. The van der Waals surface area contributed by atoms with E-state index in [4.69, 9.17) is 4.74 Å². The Kier molecular flexibility index (Phi) is 5.13. The molecule has 0 heterocycles. The standard InChI is InChI=1S/C22H19NO3/c1-15(17-12-11-16-7-3-4-8-18(16)14-17)13-21(24)23-20-10-6-5-9-19(20)22(25)26-2/h3-14H,1-2H3,(H,23,24)/b15-13-. The lowest BCUT2D eigenvalue weighted by atomic mass is 10.0. The van der Waals surface area contributed by atoms with Gasteiger partial charge in [0.1, 0.15) is 0 Å². The lowest BCUT2D eigenvalue weighted by Gasteiger charge is -2.09. The summed E-state index contributed by atoms with van der Waals surface area (Å²) >= 11 is 0. The molecule has 0 saturated heterocycles. The van der Waals surface area contributed by atoms with E-state index in [-0.39, 0.29) is 5.91 Å². The number of nitrogens with one attached hydrogen (secondary N) is 1. The van der Waals surface area contributed by atoms with E-state index in [1.165, 1.54) is 13.2 Å². The summed E-state index contributed by atoms with van der Waals surface area (Å²) in [7, 11) is 1.31. The highest BCUT2D eigenvalue weighted by molar-refractivity contribution is 6.07. The van der Waals surface area contributed by atoms with Crippen molar-refractivity contribution in [3.05, 3.63) is 83.9 Å². The average Bonchev–Trinajstić information content (AvgIpc) is 2.67. The van der Waals surface area contributed by atoms with Gasteiger partial charge in [-0.25, -0.2) is 4.79 Å². The number of ether oxygens (including phenoxy) is 1. The number of allylic oxidation sites excluding steroid dienone is 1. The van der Waals surface area contributed by atoms with Crippen molar-refractivity contribution in [2.24, 2.45) is 0 Å². The van der Waals surface area contributed by atoms with Crippen molar-refractivity contribution in [3.8, 4) is 0 Å². The second-order valence-corrected chi connectivity index (χ2v) is 5.92. The first-order chi connectivity index (χ1) is 12.6. The van der Waals surface area contributed by atoms with Gasteiger partial charge in [-0.05, 0) is 47.0 Å². The maximum absolute atomic E-state index is 12.4. The second-order valence-electron chi connectivity index (χ2n) is 5.92. The zero-order valence-electron chi connectivity index (χ0n) is 14.7. The van der Waals surface area contributed by atoms with Crippen LogP contribution in [0, 0.1) is 0 Å². The van der Waals surface area contributed by atoms with Gasteiger partial charge in [-0.1, -0.05) is 48.5 Å². The largest absolute Gasteiger partial charge is 0.465 e. The quantitative estimate of drug-likeness (QED) is 0.552. The van der Waals surface area contributed by atoms with E-state index in [1.54, 1.807) is 24.3 Å². The predicted molar refractivity (Wildman–Crippen MR) is 104 cm³/mol. The Bertz CT molecular complexity index is 1000. The van der Waals surface area contributed by atoms with Crippen molar-refractivity contribution in [2.45, 2.75) is 6.92 Å². The maximum Gasteiger partial charge on any atom is 0.339 e. The van der Waals surface area contributed by atoms with Gasteiger partial charge in [-0.3, -0.25) is 4.79 Å². The van der Waals surface area contributed by atoms with Crippen LogP contribution in [0.1, 0.15) is 22.8 Å². The van der Waals surface area contributed by atoms with Gasteiger partial charge in [-0.15, -0.1) is 0 Å². The van der Waals surface area contributed by atoms with Gasteiger partial charge in [0.25, 0.3) is 0 Å². The van der Waals surface area contributed by atoms with Crippen LogP contribution < -0.4 is 5.32 Å². The summed E-state index contributed by atoms with van der Waals surface area (Å²) in [5.74, 6) is -0.789. The molecule has 0 radical (unpaired) electrons. The Hall–Kier alpha value is -3.40. The van der Waals surface area contributed by atoms with E-state index in [1.807, 2.05) is 37.3 Å². The molecule has 1 amide bonds. The highest BCUT2D eigenvalue weighted by Crippen LogP contribution is 2.21. The van der Waals surface area contributed by atoms with E-state index >= 15 is 0 Å². The van der Waals surface area contributed by atoms with Gasteiger partial charge >= 0.3 is 5.97 Å². The fourth-order valence-corrected chi connectivity index (χ4v) is 2.76. The summed E-state index contributed by atoms with van der Waals surface area (Å²) in [6, 6.07) is 20.9. The molecule has 3 rings (SSSR count). The normalized spacial score (nSPS) is 11.2. The van der Waals surface area contributed by atoms with Crippen LogP contribution in [-0.4, -0.2) is 19.0 Å². The molecule has 0 aliphatic carbocycles. The molecule has 3 aromatic rings. The van der Waals surface area contributed by atoms with Crippen LogP contribution in [0.4, 0.5) is 5.69 Å². The molecule has 130 valence electrons. The molecule has 0 fully saturated rings. The van der Waals surface area contributed by atoms with Crippen molar-refractivity contribution >= 4 is 33.9 Å². The molecule has 4 nitrogen and oxygen atoms in total. The SMILES string of the molecule is COC(=O)c1ccccc1NC(=O)/C=C(/C)c1ccc2ccccc2c1. The third kappa shape index (κ3) is 3.81. The zero-order valence-corrected chi connectivity index (χ0v) is 14.7. The van der Waals surface area contributed by atoms with Gasteiger partial charge in [-0.2, -0.15) is 0 Å². The molecule has 0 bridgehead atoms. The first kappa shape index (κ1) is 17.4. The monoisotopic (exact) mass is 345 g/mol. The number of carbonyl (C=O) groups excluding carboxylic acids is 2. The van der Waals surface area contributed by atoms with E-state index in [2.05, 4.69) is 17.4 Å². The molecular weight excluding hydrogens is 326 g/mol. The smallest absolute Gasteiger partial charge is 0.339 e. The Morgan fingerprint density at radius 1 is 0.923 bits per heavy atom. The van der Waals surface area contributed by atoms with Crippen molar-refractivity contribution < 1.29 is 14.3 Å². The van der Waals surface area contributed by atoms with Crippen LogP contribution in [0.5, 0.6) is 0 Å². The van der Waals surface area contributed by atoms with E-state index in [0.29, 0.717) is 11.3 Å². The minimum atomic E-state index is -0.490. The fourth-order valence-electron chi connectivity index (χ4n) is 2.76. The van der Waals surface area contributed by atoms with Crippen LogP contribution in [0.3, 0.4) is 0 Å². The van der Waals surface area contributed by atoms with Crippen LogP contribution in [0.15, 0.2) is 72.8 Å². The number of esters is 1. The second kappa shape index (κ2) is 7.66. The molecule has 26 heavy (non-hydrogen) atoms. The number of amides is 1. The molecule has 0 spiro atoms. The molecule has 0 aliphatic rings. The molecule has 0 aromatic heterocycles. The maximum atomic E-state index is 12.4. The minimum absolute atomic E-state index is 0.299. The number of anilines is 1. The lowest BCUT2D eigenvalue weighted by Crippen LogP contribution is -2.13. The fraction of sp³-hybridized carbons (Fsp3) is 0.0909. The first-order valence-electron chi connectivity index (χ1n) is 8.24. The lowest BCUT2D eigenvalue weighted by molar-refractivity contribution is -0.111. The summed E-state index contributed by atoms with van der Waals surface area (Å²) in [5.41, 5.74) is 2.55. The average molecular weight is 345 g/mol. The van der Waals surface area contributed by atoms with Crippen LogP contribution >= 0.6 is 0 Å². The highest BCUT2D eigenvalue weighted by Gasteiger charge is 2.12. The first-order valence-corrected chi connectivity index (χ1v) is 8.24. The number of rotatable bonds is 4. The van der Waals surface area contributed by atoms with Gasteiger partial charge in [0.2, 0.25) is 5.91 Å². The van der Waals surface area contributed by atoms with Crippen molar-refractivity contribution in [3.63, 3.8) is 0 Å². The summed E-state index contributed by atoms with van der Waals surface area (Å²) in [6.45, 7) is 1.88. The van der Waals surface area contributed by atoms with Crippen LogP contribution in [0.2, 0.25) is 0 Å². The highest BCUT2D eigenvalue weighted by atomic mass is 16.5. The topological polar surface area (TPSA) is 55.4 Å². The number of hydrogen-bond acceptors (Lipinski definition) is 3. The van der Waals surface area contributed by atoms with Gasteiger partial charge in [0.15, 0.2) is 0 Å². The van der Waals surface area contributed by atoms with Gasteiger partial charge < -0.3 is 10.1 Å². The van der Waals surface area contributed by atoms with Crippen molar-refractivity contribution in [1.29, 1.82) is 0 Å². The van der Waals surface area contributed by atoms with Crippen molar-refractivity contribution in [2.75, 3.05) is 12.4 Å². The molecular formula is C22H19NO3. The molecule has 3 aromatic carbocycles. The molecule has 0 unspecified atom stereocenters. The molecule has 0 atom stereocenters. The van der Waals surface area contributed by atoms with E-state index < -0.39 is 5.97 Å². The molecule has 1 N–H and O–H groups in total. The number of benzene rings is 3. The summed E-state index contributed by atoms with van der Waals surface area (Å²) < 4.78 is 4.74. The Balaban J connectivity index is 1.83. The van der Waals surface area contributed by atoms with E-state index in [9.17, 15) is 9.59 Å². The third-order valence-corrected chi connectivity index (χ3v) is 4.14. The van der Waals surface area contributed by atoms with Crippen molar-refractivity contribution in [1.82, 2.24) is 0 Å². The zero-order chi connectivity index (χ0) is 18.5. The van der Waals surface area contributed by atoms with E-state index in [0.717, 1.165) is 21.9 Å². The number of carbonyl (C=O) groups is 2.